The van der Waals surface area contributed by atoms with Crippen LogP contribution in [0.15, 0.2) is 36.7 Å². The average Bonchev–Trinajstić information content (AvgIpc) is 3.20. The Bertz CT molecular complexity index is 1040. The Morgan fingerprint density at radius 3 is 2.28 bits per heavy atom. The number of amides is 4. The topological polar surface area (TPSA) is 137 Å². The van der Waals surface area contributed by atoms with Gasteiger partial charge in [0.15, 0.2) is 0 Å². The van der Waals surface area contributed by atoms with E-state index in [2.05, 4.69) is 27.6 Å². The number of urea groups is 1. The zero-order valence-electron chi connectivity index (χ0n) is 17.4. The molecule has 1 aromatic carbocycles. The summed E-state index contributed by atoms with van der Waals surface area (Å²) in [4.78, 5) is 36.3. The lowest BCUT2D eigenvalue weighted by Gasteiger charge is -2.36. The number of hydrogen-bond acceptors (Lipinski definition) is 5. The molecular formula is C20H22F2N6O4. The highest BCUT2D eigenvalue weighted by molar-refractivity contribution is 5.98. The zero-order chi connectivity index (χ0) is 23.9. The molecule has 170 valence electrons. The predicted octanol–water partition coefficient (Wildman–Crippen LogP) is 0.377. The van der Waals surface area contributed by atoms with Gasteiger partial charge in [0.2, 0.25) is 0 Å². The fourth-order valence-electron chi connectivity index (χ4n) is 2.66. The second kappa shape index (κ2) is 10.4. The highest BCUT2D eigenvalue weighted by atomic mass is 19.3. The smallest absolute Gasteiger partial charge is 0.315 e. The lowest BCUT2D eigenvalue weighted by Crippen LogP contribution is -2.69. The molecule has 0 bridgehead atoms. The fraction of sp³-hybridized carbons (Fsp3) is 0.300. The van der Waals surface area contributed by atoms with Crippen LogP contribution in [0.2, 0.25) is 0 Å². The van der Waals surface area contributed by atoms with Gasteiger partial charge in [-0.1, -0.05) is 11.8 Å². The highest BCUT2D eigenvalue weighted by Gasteiger charge is 2.48. The van der Waals surface area contributed by atoms with Crippen LogP contribution < -0.4 is 21.4 Å². The van der Waals surface area contributed by atoms with E-state index >= 15 is 0 Å². The molecule has 10 nitrogen and oxygen atoms in total. The number of rotatable bonds is 6. The van der Waals surface area contributed by atoms with Crippen LogP contribution in [0.4, 0.5) is 13.6 Å². The first kappa shape index (κ1) is 24.3. The largest absolute Gasteiger partial charge is 0.341 e. The number of hydrogen-bond donors (Lipinski definition) is 5. The van der Waals surface area contributed by atoms with E-state index in [4.69, 9.17) is 5.21 Å². The summed E-state index contributed by atoms with van der Waals surface area (Å²) in [5.74, 6) is 3.57. The lowest BCUT2D eigenvalue weighted by molar-refractivity contribution is -0.135. The zero-order valence-corrected chi connectivity index (χ0v) is 17.4. The number of carbonyl (C=O) groups excluding carboxylic acids is 3. The predicted molar refractivity (Wildman–Crippen MR) is 109 cm³/mol. The van der Waals surface area contributed by atoms with E-state index in [1.165, 1.54) is 36.8 Å². The molecule has 32 heavy (non-hydrogen) atoms. The standard InChI is InChI=1S/C20H22F2N6O4/c1-20(18(21)22,26-19(31)23-2)15(17(30)27-32)25-16(29)14-8-6-12(7-9-14)4-5-13-10-24-28(3)11-13/h6-11,15,18,32H,1-3H3,(H,25,29)(H,27,30)(H2,23,26,31)/t15-,20?/m1/s1. The van der Waals surface area contributed by atoms with Crippen molar-refractivity contribution in [3.63, 3.8) is 0 Å². The molecule has 5 N–H and O–H groups in total. The number of benzene rings is 1. The Balaban J connectivity index is 2.23. The second-order valence-corrected chi connectivity index (χ2v) is 6.90. The Hall–Kier alpha value is -3.98. The molecule has 0 fully saturated rings. The molecule has 2 atom stereocenters. The number of halogens is 2. The maximum Gasteiger partial charge on any atom is 0.315 e. The Morgan fingerprint density at radius 2 is 1.78 bits per heavy atom. The first-order valence-electron chi connectivity index (χ1n) is 9.24. The van der Waals surface area contributed by atoms with E-state index in [0.717, 1.165) is 6.92 Å². The third-order valence-corrected chi connectivity index (χ3v) is 4.51. The summed E-state index contributed by atoms with van der Waals surface area (Å²) in [5, 5.41) is 19.1. The molecule has 1 heterocycles. The Labute approximate surface area is 182 Å². The maximum atomic E-state index is 13.8. The molecule has 2 rings (SSSR count). The molecule has 0 saturated carbocycles. The Kier molecular flexibility index (Phi) is 7.86. The highest BCUT2D eigenvalue weighted by Crippen LogP contribution is 2.21. The van der Waals surface area contributed by atoms with Crippen LogP contribution in [0.3, 0.4) is 0 Å². The van der Waals surface area contributed by atoms with Crippen molar-refractivity contribution < 1.29 is 28.4 Å². The van der Waals surface area contributed by atoms with Crippen molar-refractivity contribution >= 4 is 17.8 Å². The fourth-order valence-corrected chi connectivity index (χ4v) is 2.66. The molecule has 0 aliphatic heterocycles. The van der Waals surface area contributed by atoms with Crippen LogP contribution in [-0.2, 0) is 11.8 Å². The Morgan fingerprint density at radius 1 is 1.16 bits per heavy atom. The minimum atomic E-state index is -3.27. The molecule has 4 amide bonds. The van der Waals surface area contributed by atoms with Gasteiger partial charge in [-0.2, -0.15) is 5.10 Å². The van der Waals surface area contributed by atoms with Gasteiger partial charge in [0.05, 0.1) is 11.8 Å². The van der Waals surface area contributed by atoms with Crippen molar-refractivity contribution in [2.75, 3.05) is 7.05 Å². The summed E-state index contributed by atoms with van der Waals surface area (Å²) in [6.07, 6.45) is 0.0506. The normalized spacial score (nSPS) is 13.2. The quantitative estimate of drug-likeness (QED) is 0.247. The van der Waals surface area contributed by atoms with Crippen LogP contribution >= 0.6 is 0 Å². The first-order chi connectivity index (χ1) is 15.1. The number of nitrogens with zero attached hydrogens (tertiary/aromatic N) is 2. The number of aryl methyl sites for hydroxylation is 1. The van der Waals surface area contributed by atoms with Gasteiger partial charge < -0.3 is 16.0 Å². The molecule has 12 heteroatoms. The van der Waals surface area contributed by atoms with Crippen molar-refractivity contribution in [3.8, 4) is 11.8 Å². The number of alkyl halides is 2. The molecule has 1 unspecified atom stereocenters. The molecule has 0 aliphatic rings. The van der Waals surface area contributed by atoms with E-state index < -0.39 is 35.9 Å². The number of aromatic nitrogens is 2. The van der Waals surface area contributed by atoms with Gasteiger partial charge >= 0.3 is 6.03 Å². The molecule has 0 radical (unpaired) electrons. The van der Waals surface area contributed by atoms with Gasteiger partial charge in [-0.25, -0.2) is 19.1 Å². The summed E-state index contributed by atoms with van der Waals surface area (Å²) in [6.45, 7) is 0.865. The second-order valence-electron chi connectivity index (χ2n) is 6.90. The summed E-state index contributed by atoms with van der Waals surface area (Å²) in [7, 11) is 2.95. The minimum Gasteiger partial charge on any atom is -0.341 e. The first-order valence-corrected chi connectivity index (χ1v) is 9.24. The van der Waals surface area contributed by atoms with Crippen molar-refractivity contribution in [1.82, 2.24) is 31.2 Å². The number of nitrogens with one attached hydrogen (secondary N) is 4. The van der Waals surface area contributed by atoms with Gasteiger partial charge in [0, 0.05) is 31.4 Å². The lowest BCUT2D eigenvalue weighted by atomic mass is 9.91. The van der Waals surface area contributed by atoms with Crippen molar-refractivity contribution in [3.05, 3.63) is 53.3 Å². The van der Waals surface area contributed by atoms with E-state index in [0.29, 0.717) is 11.1 Å². The molecule has 2 aromatic rings. The third-order valence-electron chi connectivity index (χ3n) is 4.51. The third kappa shape index (κ3) is 5.79. The summed E-state index contributed by atoms with van der Waals surface area (Å²) < 4.78 is 29.2. The van der Waals surface area contributed by atoms with E-state index in [1.807, 2.05) is 5.32 Å². The minimum absolute atomic E-state index is 0.0456. The van der Waals surface area contributed by atoms with E-state index in [-0.39, 0.29) is 5.56 Å². The van der Waals surface area contributed by atoms with Crippen LogP contribution in [0.5, 0.6) is 0 Å². The van der Waals surface area contributed by atoms with Crippen LogP contribution in [0, 0.1) is 11.8 Å². The molecular weight excluding hydrogens is 426 g/mol. The van der Waals surface area contributed by atoms with Gasteiger partial charge in [-0.15, -0.1) is 0 Å². The van der Waals surface area contributed by atoms with Gasteiger partial charge in [-0.05, 0) is 31.2 Å². The average molecular weight is 448 g/mol. The molecule has 0 saturated heterocycles. The van der Waals surface area contributed by atoms with E-state index in [9.17, 15) is 23.2 Å². The van der Waals surface area contributed by atoms with E-state index in [1.54, 1.807) is 24.1 Å². The summed E-state index contributed by atoms with van der Waals surface area (Å²) in [6, 6.07) is 2.85. The van der Waals surface area contributed by atoms with Gasteiger partial charge in [0.1, 0.15) is 11.6 Å². The van der Waals surface area contributed by atoms with Gasteiger partial charge in [-0.3, -0.25) is 19.5 Å². The molecule has 1 aromatic heterocycles. The molecule has 0 aliphatic carbocycles. The summed E-state index contributed by atoms with van der Waals surface area (Å²) in [5.41, 5.74) is 0.0225. The SMILES string of the molecule is CNC(=O)NC(C)(C(F)F)[C@H](NC(=O)c1ccc(C#Cc2cnn(C)c2)cc1)C(=O)NO. The van der Waals surface area contributed by atoms with Gasteiger partial charge in [0.25, 0.3) is 18.2 Å². The van der Waals surface area contributed by atoms with Crippen LogP contribution in [-0.4, -0.2) is 57.9 Å². The van der Waals surface area contributed by atoms with Crippen LogP contribution in [0.25, 0.3) is 0 Å². The number of carbonyl (C=O) groups is 3. The molecule has 0 spiro atoms. The maximum absolute atomic E-state index is 13.8. The monoisotopic (exact) mass is 448 g/mol. The van der Waals surface area contributed by atoms with Crippen molar-refractivity contribution in [1.29, 1.82) is 0 Å². The van der Waals surface area contributed by atoms with Crippen LogP contribution in [0.1, 0.15) is 28.4 Å². The summed E-state index contributed by atoms with van der Waals surface area (Å²) >= 11 is 0. The number of hydroxylamine groups is 1. The van der Waals surface area contributed by atoms with Crippen molar-refractivity contribution in [2.24, 2.45) is 7.05 Å². The van der Waals surface area contributed by atoms with Crippen molar-refractivity contribution in [2.45, 2.75) is 24.9 Å².